The maximum atomic E-state index is 11.3. The number of anilines is 1. The molecule has 1 spiro atoms. The Bertz CT molecular complexity index is 999. The number of methoxy groups -OCH3 is 1. The van der Waals surface area contributed by atoms with Crippen LogP contribution in [0.2, 0.25) is 0 Å². The molecule has 27 heavy (non-hydrogen) atoms. The zero-order valence-corrected chi connectivity index (χ0v) is 16.9. The number of benzene rings is 2. The number of likely N-dealkylation sites (N-methyl/N-ethyl adjacent to an activating group) is 1. The van der Waals surface area contributed by atoms with Crippen molar-refractivity contribution in [2.24, 2.45) is 0 Å². The Morgan fingerprint density at radius 1 is 1.22 bits per heavy atom. The number of hydrogen-bond acceptors (Lipinski definition) is 5. The van der Waals surface area contributed by atoms with Gasteiger partial charge < -0.3 is 9.64 Å². The van der Waals surface area contributed by atoms with Crippen LogP contribution < -0.4 is 9.64 Å². The highest BCUT2D eigenvalue weighted by atomic mass is 32.2. The molecule has 0 aliphatic carbocycles. The molecule has 2 aliphatic heterocycles. The van der Waals surface area contributed by atoms with Crippen LogP contribution >= 0.6 is 11.8 Å². The lowest BCUT2D eigenvalue weighted by atomic mass is 9.79. The van der Waals surface area contributed by atoms with Crippen LogP contribution in [-0.2, 0) is 5.41 Å². The lowest BCUT2D eigenvalue weighted by Gasteiger charge is -2.45. The van der Waals surface area contributed by atoms with Gasteiger partial charge in [-0.1, -0.05) is 49.4 Å². The van der Waals surface area contributed by atoms with Crippen molar-refractivity contribution in [2.75, 3.05) is 19.1 Å². The number of nitro benzene ring substituents is 1. The largest absolute Gasteiger partial charge is 0.495 e. The fourth-order valence-electron chi connectivity index (χ4n) is 4.24. The van der Waals surface area contributed by atoms with Crippen LogP contribution in [0.25, 0.3) is 6.08 Å². The number of rotatable bonds is 2. The highest BCUT2D eigenvalue weighted by molar-refractivity contribution is 8.01. The second-order valence-electron chi connectivity index (χ2n) is 7.66. The number of nitro groups is 1. The third-order valence-corrected chi connectivity index (χ3v) is 7.70. The normalized spacial score (nSPS) is 21.9. The van der Waals surface area contributed by atoms with Gasteiger partial charge in [-0.3, -0.25) is 10.1 Å². The molecule has 2 aromatic carbocycles. The van der Waals surface area contributed by atoms with Gasteiger partial charge in [-0.05, 0) is 30.2 Å². The Balaban J connectivity index is 1.89. The molecule has 2 aromatic rings. The molecule has 6 heteroatoms. The number of fused-ring (bicyclic) bond motifs is 2. The summed E-state index contributed by atoms with van der Waals surface area (Å²) in [5.74, 6) is 0.546. The average molecular weight is 382 g/mol. The zero-order valence-electron chi connectivity index (χ0n) is 16.1. The SMILES string of the molecule is COc1cc([N+](=O)[O-])cc2c1SC1(C=C2)N(C)c2ccc(C)cc2C1(C)C. The summed E-state index contributed by atoms with van der Waals surface area (Å²) in [6.07, 6.45) is 4.18. The molecule has 0 aromatic heterocycles. The summed E-state index contributed by atoms with van der Waals surface area (Å²) in [6.45, 7) is 6.63. The van der Waals surface area contributed by atoms with Crippen molar-refractivity contribution in [2.45, 2.75) is 36.0 Å². The predicted octanol–water partition coefficient (Wildman–Crippen LogP) is 5.15. The third-order valence-electron chi connectivity index (χ3n) is 5.83. The van der Waals surface area contributed by atoms with Crippen molar-refractivity contribution in [3.63, 3.8) is 0 Å². The van der Waals surface area contributed by atoms with Crippen LogP contribution in [-0.4, -0.2) is 24.0 Å². The summed E-state index contributed by atoms with van der Waals surface area (Å²) in [5.41, 5.74) is 4.48. The van der Waals surface area contributed by atoms with Crippen LogP contribution in [0.15, 0.2) is 41.3 Å². The van der Waals surface area contributed by atoms with Crippen molar-refractivity contribution in [3.05, 3.63) is 63.2 Å². The molecule has 0 saturated carbocycles. The quantitative estimate of drug-likeness (QED) is 0.531. The van der Waals surface area contributed by atoms with E-state index in [0.717, 1.165) is 10.5 Å². The molecule has 0 N–H and O–H groups in total. The molecule has 1 atom stereocenters. The van der Waals surface area contributed by atoms with Crippen LogP contribution in [0, 0.1) is 17.0 Å². The molecule has 5 nitrogen and oxygen atoms in total. The molecular formula is C21H22N2O3S. The number of aryl methyl sites for hydroxylation is 1. The summed E-state index contributed by atoms with van der Waals surface area (Å²) < 4.78 is 5.53. The first kappa shape index (κ1) is 17.9. The maximum Gasteiger partial charge on any atom is 0.273 e. The van der Waals surface area contributed by atoms with Gasteiger partial charge in [0.1, 0.15) is 10.6 Å². The highest BCUT2D eigenvalue weighted by Crippen LogP contribution is 2.62. The Hall–Kier alpha value is -2.47. The van der Waals surface area contributed by atoms with E-state index >= 15 is 0 Å². The van der Waals surface area contributed by atoms with E-state index in [1.807, 2.05) is 6.08 Å². The number of thioether (sulfide) groups is 1. The summed E-state index contributed by atoms with van der Waals surface area (Å²) >= 11 is 1.71. The van der Waals surface area contributed by atoms with Gasteiger partial charge >= 0.3 is 0 Å². The van der Waals surface area contributed by atoms with E-state index in [1.165, 1.54) is 22.9 Å². The molecule has 140 valence electrons. The Morgan fingerprint density at radius 3 is 2.63 bits per heavy atom. The lowest BCUT2D eigenvalue weighted by molar-refractivity contribution is -0.385. The first-order valence-corrected chi connectivity index (χ1v) is 9.62. The van der Waals surface area contributed by atoms with Crippen LogP contribution in [0.3, 0.4) is 0 Å². The zero-order chi connectivity index (χ0) is 19.6. The van der Waals surface area contributed by atoms with E-state index in [4.69, 9.17) is 4.74 Å². The first-order valence-electron chi connectivity index (χ1n) is 8.81. The van der Waals surface area contributed by atoms with E-state index in [0.29, 0.717) is 5.75 Å². The molecular weight excluding hydrogens is 360 g/mol. The third kappa shape index (κ3) is 2.32. The van der Waals surface area contributed by atoms with E-state index in [1.54, 1.807) is 24.9 Å². The van der Waals surface area contributed by atoms with Crippen LogP contribution in [0.4, 0.5) is 11.4 Å². The van der Waals surface area contributed by atoms with Gasteiger partial charge in [-0.15, -0.1) is 0 Å². The second kappa shape index (κ2) is 5.76. The maximum absolute atomic E-state index is 11.3. The van der Waals surface area contributed by atoms with Gasteiger partial charge in [0, 0.05) is 24.2 Å². The summed E-state index contributed by atoms with van der Waals surface area (Å²) in [4.78, 5) is 13.8. The lowest BCUT2D eigenvalue weighted by Crippen LogP contribution is -2.50. The number of hydrogen-bond donors (Lipinski definition) is 0. The molecule has 2 heterocycles. The van der Waals surface area contributed by atoms with E-state index in [2.05, 4.69) is 57.0 Å². The Morgan fingerprint density at radius 2 is 1.96 bits per heavy atom. The average Bonchev–Trinajstić information content (AvgIpc) is 2.79. The van der Waals surface area contributed by atoms with Crippen molar-refractivity contribution in [3.8, 4) is 5.75 Å². The molecule has 4 rings (SSSR count). The Kier molecular flexibility index (Phi) is 3.82. The molecule has 2 aliphatic rings. The molecule has 0 radical (unpaired) electrons. The van der Waals surface area contributed by atoms with Gasteiger partial charge in [-0.2, -0.15) is 0 Å². The monoisotopic (exact) mass is 382 g/mol. The van der Waals surface area contributed by atoms with E-state index < -0.39 is 0 Å². The topological polar surface area (TPSA) is 55.6 Å². The van der Waals surface area contributed by atoms with Crippen molar-refractivity contribution >= 4 is 29.2 Å². The summed E-state index contributed by atoms with van der Waals surface area (Å²) in [6, 6.07) is 9.71. The van der Waals surface area contributed by atoms with Crippen molar-refractivity contribution < 1.29 is 9.66 Å². The van der Waals surface area contributed by atoms with E-state index in [-0.39, 0.29) is 20.9 Å². The minimum Gasteiger partial charge on any atom is -0.495 e. The Labute approximate surface area is 163 Å². The standard InChI is InChI=1S/C21H22N2O3S/c1-13-6-7-17-16(10-13)20(2,3)21(22(17)4)9-8-14-11-15(23(24)25)12-18(26-5)19(14)27-21/h6-12H,1-5H3. The highest BCUT2D eigenvalue weighted by Gasteiger charge is 2.56. The van der Waals surface area contributed by atoms with Gasteiger partial charge in [-0.25, -0.2) is 0 Å². The molecule has 0 amide bonds. The number of ether oxygens (including phenoxy) is 1. The predicted molar refractivity (Wildman–Crippen MR) is 110 cm³/mol. The number of non-ortho nitro benzene ring substituents is 1. The van der Waals surface area contributed by atoms with Crippen molar-refractivity contribution in [1.82, 2.24) is 0 Å². The minimum absolute atomic E-state index is 0.0461. The summed E-state index contributed by atoms with van der Waals surface area (Å²) in [5, 5.41) is 11.3. The van der Waals surface area contributed by atoms with Gasteiger partial charge in [0.2, 0.25) is 0 Å². The summed E-state index contributed by atoms with van der Waals surface area (Å²) in [7, 11) is 3.68. The first-order chi connectivity index (χ1) is 12.7. The van der Waals surface area contributed by atoms with Gasteiger partial charge in [0.05, 0.1) is 23.0 Å². The fourth-order valence-corrected chi connectivity index (χ4v) is 5.78. The van der Waals surface area contributed by atoms with Gasteiger partial charge in [0.15, 0.2) is 0 Å². The van der Waals surface area contributed by atoms with Crippen molar-refractivity contribution in [1.29, 1.82) is 0 Å². The molecule has 1 unspecified atom stereocenters. The molecule has 0 fully saturated rings. The van der Waals surface area contributed by atoms with Gasteiger partial charge in [0.25, 0.3) is 5.69 Å². The number of nitrogens with zero attached hydrogens (tertiary/aromatic N) is 2. The fraction of sp³-hybridized carbons (Fsp3) is 0.333. The minimum atomic E-state index is -0.379. The molecule has 0 bridgehead atoms. The smallest absolute Gasteiger partial charge is 0.273 e. The van der Waals surface area contributed by atoms with Crippen LogP contribution in [0.1, 0.15) is 30.5 Å². The molecule has 0 saturated heterocycles. The second-order valence-corrected chi connectivity index (χ2v) is 8.89. The van der Waals surface area contributed by atoms with Crippen LogP contribution in [0.5, 0.6) is 5.75 Å². The van der Waals surface area contributed by atoms with E-state index in [9.17, 15) is 10.1 Å².